The van der Waals surface area contributed by atoms with E-state index in [9.17, 15) is 19.3 Å². The van der Waals surface area contributed by atoms with E-state index in [1.165, 1.54) is 18.2 Å². The van der Waals surface area contributed by atoms with E-state index < -0.39 is 0 Å². The number of nitro benzene ring substituents is 1. The van der Waals surface area contributed by atoms with Gasteiger partial charge in [-0.2, -0.15) is 0 Å². The number of piperidine rings is 1. The number of halogens is 1. The lowest BCUT2D eigenvalue weighted by Crippen LogP contribution is -2.34. The van der Waals surface area contributed by atoms with Crippen LogP contribution in [0.1, 0.15) is 51.6 Å². The zero-order chi connectivity index (χ0) is 24.1. The van der Waals surface area contributed by atoms with Gasteiger partial charge >= 0.3 is 0 Å². The molecule has 0 saturated carbocycles. The predicted molar refractivity (Wildman–Crippen MR) is 127 cm³/mol. The molecular formula is C26H27FN4O3. The number of nitro groups is 1. The van der Waals surface area contributed by atoms with Gasteiger partial charge in [0.25, 0.3) is 11.6 Å². The predicted octanol–water partition coefficient (Wildman–Crippen LogP) is 4.75. The molecule has 1 amide bonds. The maximum Gasteiger partial charge on any atom is 0.269 e. The summed E-state index contributed by atoms with van der Waals surface area (Å²) in [6, 6.07) is 16.5. The lowest BCUT2D eigenvalue weighted by Gasteiger charge is -2.32. The number of hydrogen-bond donors (Lipinski definition) is 1. The van der Waals surface area contributed by atoms with Gasteiger partial charge in [0.2, 0.25) is 0 Å². The number of nitrogens with zero attached hydrogens (tertiary/aromatic N) is 3. The normalized spacial score (nSPS) is 14.6. The van der Waals surface area contributed by atoms with Gasteiger partial charge in [-0.3, -0.25) is 24.8 Å². The Labute approximate surface area is 197 Å². The summed E-state index contributed by atoms with van der Waals surface area (Å²) in [6.07, 6.45) is 1.70. The molecule has 7 nitrogen and oxygen atoms in total. The highest BCUT2D eigenvalue weighted by Gasteiger charge is 2.26. The van der Waals surface area contributed by atoms with Crippen LogP contribution < -0.4 is 5.32 Å². The van der Waals surface area contributed by atoms with Crippen LogP contribution in [0, 0.1) is 22.9 Å². The molecule has 1 aliphatic rings. The molecule has 0 radical (unpaired) electrons. The molecule has 1 aromatic heterocycles. The van der Waals surface area contributed by atoms with Crippen molar-refractivity contribution in [3.05, 3.63) is 105 Å². The minimum absolute atomic E-state index is 0.104. The van der Waals surface area contributed by atoms with Gasteiger partial charge < -0.3 is 5.32 Å². The molecular weight excluding hydrogens is 435 g/mol. The lowest BCUT2D eigenvalue weighted by atomic mass is 9.89. The number of aryl methyl sites for hydroxylation is 1. The van der Waals surface area contributed by atoms with Gasteiger partial charge in [0.05, 0.1) is 16.2 Å². The number of aromatic nitrogens is 1. The lowest BCUT2D eigenvalue weighted by molar-refractivity contribution is -0.384. The van der Waals surface area contributed by atoms with Crippen LogP contribution in [0.3, 0.4) is 0 Å². The number of pyridine rings is 1. The van der Waals surface area contributed by atoms with E-state index in [0.717, 1.165) is 48.4 Å². The van der Waals surface area contributed by atoms with Crippen molar-refractivity contribution in [1.82, 2.24) is 15.2 Å². The number of carbonyl (C=O) groups is 1. The number of non-ortho nitro benzene ring substituents is 1. The summed E-state index contributed by atoms with van der Waals surface area (Å²) >= 11 is 0. The third-order valence-electron chi connectivity index (χ3n) is 6.18. The molecule has 0 spiro atoms. The number of rotatable bonds is 7. The maximum atomic E-state index is 13.1. The Hall–Kier alpha value is -3.65. The minimum atomic E-state index is -0.373. The van der Waals surface area contributed by atoms with Crippen LogP contribution in [0.4, 0.5) is 10.1 Å². The van der Waals surface area contributed by atoms with Gasteiger partial charge in [-0.1, -0.05) is 24.3 Å². The SMILES string of the molecule is Cc1ccc(C(=O)NCc2ccc(F)cc2)c(C2CCN(Cc3cccc([N+](=O)[O-])c3)CC2)n1. The molecule has 0 unspecified atom stereocenters. The zero-order valence-electron chi connectivity index (χ0n) is 19.0. The summed E-state index contributed by atoms with van der Waals surface area (Å²) in [5.74, 6) is -0.337. The van der Waals surface area contributed by atoms with Crippen LogP contribution in [-0.4, -0.2) is 33.8 Å². The second-order valence-electron chi connectivity index (χ2n) is 8.67. The highest BCUT2D eigenvalue weighted by Crippen LogP contribution is 2.30. The van der Waals surface area contributed by atoms with Crippen molar-refractivity contribution in [1.29, 1.82) is 0 Å². The molecule has 2 aromatic carbocycles. The van der Waals surface area contributed by atoms with Crippen molar-refractivity contribution in [2.24, 2.45) is 0 Å². The summed E-state index contributed by atoms with van der Waals surface area (Å²) in [4.78, 5) is 30.6. The molecule has 1 N–H and O–H groups in total. The summed E-state index contributed by atoms with van der Waals surface area (Å²) in [7, 11) is 0. The molecule has 176 valence electrons. The smallest absolute Gasteiger partial charge is 0.269 e. The second kappa shape index (κ2) is 10.5. The average Bonchev–Trinajstić information content (AvgIpc) is 2.84. The number of likely N-dealkylation sites (tertiary alicyclic amines) is 1. The summed E-state index contributed by atoms with van der Waals surface area (Å²) in [5.41, 5.74) is 4.10. The summed E-state index contributed by atoms with van der Waals surface area (Å²) in [6.45, 7) is 4.52. The van der Waals surface area contributed by atoms with Crippen LogP contribution in [0.25, 0.3) is 0 Å². The van der Waals surface area contributed by atoms with Gasteiger partial charge in [-0.05, 0) is 68.2 Å². The highest BCUT2D eigenvalue weighted by atomic mass is 19.1. The molecule has 1 aliphatic heterocycles. The number of hydrogen-bond acceptors (Lipinski definition) is 5. The van der Waals surface area contributed by atoms with Gasteiger partial charge in [-0.25, -0.2) is 4.39 Å². The summed E-state index contributed by atoms with van der Waals surface area (Å²) < 4.78 is 13.1. The highest BCUT2D eigenvalue weighted by molar-refractivity contribution is 5.95. The van der Waals surface area contributed by atoms with E-state index in [2.05, 4.69) is 10.2 Å². The minimum Gasteiger partial charge on any atom is -0.348 e. The number of nitrogens with one attached hydrogen (secondary N) is 1. The number of benzene rings is 2. The Kier molecular flexibility index (Phi) is 7.27. The molecule has 1 saturated heterocycles. The van der Waals surface area contributed by atoms with Crippen LogP contribution in [-0.2, 0) is 13.1 Å². The van der Waals surface area contributed by atoms with Crippen molar-refractivity contribution in [2.75, 3.05) is 13.1 Å². The second-order valence-corrected chi connectivity index (χ2v) is 8.67. The topological polar surface area (TPSA) is 88.4 Å². The molecule has 0 atom stereocenters. The Balaban J connectivity index is 1.40. The van der Waals surface area contributed by atoms with Gasteiger partial charge in [-0.15, -0.1) is 0 Å². The molecule has 1 fully saturated rings. The third-order valence-corrected chi connectivity index (χ3v) is 6.18. The quantitative estimate of drug-likeness (QED) is 0.404. The third kappa shape index (κ3) is 5.82. The van der Waals surface area contributed by atoms with Crippen LogP contribution in [0.15, 0.2) is 60.7 Å². The standard InChI is InChI=1S/C26H27FN4O3/c1-18-5-10-24(26(32)28-16-19-6-8-22(27)9-7-19)25(29-18)21-11-13-30(14-12-21)17-20-3-2-4-23(15-20)31(33)34/h2-10,15,21H,11-14,16-17H2,1H3,(H,28,32). The Morgan fingerprint density at radius 2 is 1.85 bits per heavy atom. The largest absolute Gasteiger partial charge is 0.348 e. The van der Waals surface area contributed by atoms with E-state index in [0.29, 0.717) is 18.7 Å². The zero-order valence-corrected chi connectivity index (χ0v) is 19.0. The van der Waals surface area contributed by atoms with E-state index >= 15 is 0 Å². The molecule has 4 rings (SSSR count). The van der Waals surface area contributed by atoms with Crippen molar-refractivity contribution >= 4 is 11.6 Å². The van der Waals surface area contributed by atoms with Crippen molar-refractivity contribution in [2.45, 2.75) is 38.8 Å². The monoisotopic (exact) mass is 462 g/mol. The van der Waals surface area contributed by atoms with Gasteiger partial charge in [0, 0.05) is 36.8 Å². The molecule has 8 heteroatoms. The fourth-order valence-electron chi connectivity index (χ4n) is 4.35. The van der Waals surface area contributed by atoms with Crippen molar-refractivity contribution < 1.29 is 14.1 Å². The molecule has 3 aromatic rings. The van der Waals surface area contributed by atoms with Crippen LogP contribution >= 0.6 is 0 Å². The fourth-order valence-corrected chi connectivity index (χ4v) is 4.35. The van der Waals surface area contributed by atoms with E-state index in [1.807, 2.05) is 25.1 Å². The summed E-state index contributed by atoms with van der Waals surface area (Å²) in [5, 5.41) is 14.0. The fraction of sp³-hybridized carbons (Fsp3) is 0.308. The Morgan fingerprint density at radius 1 is 1.12 bits per heavy atom. The van der Waals surface area contributed by atoms with E-state index in [4.69, 9.17) is 4.98 Å². The van der Waals surface area contributed by atoms with Crippen LogP contribution in [0.2, 0.25) is 0 Å². The number of carbonyl (C=O) groups excluding carboxylic acids is 1. The Morgan fingerprint density at radius 3 is 2.56 bits per heavy atom. The van der Waals surface area contributed by atoms with Gasteiger partial charge in [0.1, 0.15) is 5.82 Å². The molecule has 0 aliphatic carbocycles. The van der Waals surface area contributed by atoms with E-state index in [-0.39, 0.29) is 28.3 Å². The first-order chi connectivity index (χ1) is 16.4. The maximum absolute atomic E-state index is 13.1. The molecule has 0 bridgehead atoms. The molecule has 34 heavy (non-hydrogen) atoms. The first-order valence-corrected chi connectivity index (χ1v) is 11.3. The molecule has 2 heterocycles. The van der Waals surface area contributed by atoms with Crippen LogP contribution in [0.5, 0.6) is 0 Å². The van der Waals surface area contributed by atoms with Crippen molar-refractivity contribution in [3.8, 4) is 0 Å². The first kappa shape index (κ1) is 23.5. The Bertz CT molecular complexity index is 1170. The average molecular weight is 463 g/mol. The number of amides is 1. The van der Waals surface area contributed by atoms with Crippen molar-refractivity contribution in [3.63, 3.8) is 0 Å². The first-order valence-electron chi connectivity index (χ1n) is 11.3. The van der Waals surface area contributed by atoms with Gasteiger partial charge in [0.15, 0.2) is 0 Å². The van der Waals surface area contributed by atoms with E-state index in [1.54, 1.807) is 24.3 Å².